The van der Waals surface area contributed by atoms with Crippen LogP contribution >= 0.6 is 0 Å². The Morgan fingerprint density at radius 2 is 1.82 bits per heavy atom. The molecule has 0 amide bonds. The Morgan fingerprint density at radius 3 is 2.50 bits per heavy atom. The van der Waals surface area contributed by atoms with Gasteiger partial charge in [-0.15, -0.1) is 0 Å². The maximum atomic E-state index is 11.8. The highest BCUT2D eigenvalue weighted by molar-refractivity contribution is 5.89. The zero-order valence-electron chi connectivity index (χ0n) is 12.9. The minimum atomic E-state index is -0.408. The molecule has 0 heterocycles. The number of carbonyl (C=O) groups is 1. The summed E-state index contributed by atoms with van der Waals surface area (Å²) in [5, 5.41) is 0. The lowest BCUT2D eigenvalue weighted by Gasteiger charge is -2.04. The fourth-order valence-electron chi connectivity index (χ4n) is 2.12. The van der Waals surface area contributed by atoms with Crippen molar-refractivity contribution >= 4 is 12.0 Å². The number of esters is 1. The molecule has 2 aromatic rings. The van der Waals surface area contributed by atoms with Gasteiger partial charge in [0, 0.05) is 11.6 Å². The lowest BCUT2D eigenvalue weighted by Crippen LogP contribution is -2.03. The topological polar surface area (TPSA) is 35.5 Å². The minimum absolute atomic E-state index is 0.408. The van der Waals surface area contributed by atoms with Crippen molar-refractivity contribution in [2.75, 3.05) is 7.11 Å². The quantitative estimate of drug-likeness (QED) is 0.454. The number of para-hydroxylation sites is 1. The lowest BCUT2D eigenvalue weighted by atomic mass is 10.1. The van der Waals surface area contributed by atoms with Crippen LogP contribution in [-0.4, -0.2) is 13.1 Å². The van der Waals surface area contributed by atoms with Gasteiger partial charge in [0.2, 0.25) is 0 Å². The summed E-state index contributed by atoms with van der Waals surface area (Å²) >= 11 is 0. The van der Waals surface area contributed by atoms with E-state index in [4.69, 9.17) is 9.47 Å². The molecular formula is C19H20O3. The van der Waals surface area contributed by atoms with Crippen LogP contribution < -0.4 is 9.47 Å². The Hall–Kier alpha value is -2.55. The monoisotopic (exact) mass is 296 g/mol. The average Bonchev–Trinajstić information content (AvgIpc) is 2.55. The number of rotatable bonds is 6. The Morgan fingerprint density at radius 1 is 1.09 bits per heavy atom. The van der Waals surface area contributed by atoms with Crippen LogP contribution in [-0.2, 0) is 11.2 Å². The largest absolute Gasteiger partial charge is 0.496 e. The molecule has 0 saturated carbocycles. The molecule has 0 fully saturated rings. The maximum absolute atomic E-state index is 11.8. The zero-order valence-corrected chi connectivity index (χ0v) is 12.9. The van der Waals surface area contributed by atoms with E-state index in [-0.39, 0.29) is 0 Å². The summed E-state index contributed by atoms with van der Waals surface area (Å²) in [7, 11) is 1.60. The second kappa shape index (κ2) is 8.03. The molecule has 22 heavy (non-hydrogen) atoms. The third kappa shape index (κ3) is 4.48. The van der Waals surface area contributed by atoms with Crippen molar-refractivity contribution in [3.05, 3.63) is 65.7 Å². The molecule has 0 aromatic heterocycles. The summed E-state index contributed by atoms with van der Waals surface area (Å²) in [4.78, 5) is 11.8. The molecule has 114 valence electrons. The van der Waals surface area contributed by atoms with E-state index in [1.54, 1.807) is 13.2 Å². The molecule has 0 unspecified atom stereocenters. The molecule has 0 bridgehead atoms. The third-order valence-corrected chi connectivity index (χ3v) is 3.22. The van der Waals surface area contributed by atoms with E-state index in [2.05, 4.69) is 6.92 Å². The van der Waals surface area contributed by atoms with Gasteiger partial charge in [-0.1, -0.05) is 43.7 Å². The number of benzene rings is 2. The summed E-state index contributed by atoms with van der Waals surface area (Å²) < 4.78 is 10.5. The maximum Gasteiger partial charge on any atom is 0.336 e. The molecule has 0 aliphatic carbocycles. The van der Waals surface area contributed by atoms with Gasteiger partial charge in [-0.25, -0.2) is 4.79 Å². The van der Waals surface area contributed by atoms with E-state index >= 15 is 0 Å². The fraction of sp³-hybridized carbons (Fsp3) is 0.211. The zero-order chi connectivity index (χ0) is 15.8. The molecule has 0 N–H and O–H groups in total. The number of methoxy groups -OCH3 is 1. The van der Waals surface area contributed by atoms with Gasteiger partial charge >= 0.3 is 5.97 Å². The van der Waals surface area contributed by atoms with Gasteiger partial charge in [0.15, 0.2) is 0 Å². The second-order valence-electron chi connectivity index (χ2n) is 4.89. The summed E-state index contributed by atoms with van der Waals surface area (Å²) in [6.07, 6.45) is 5.22. The standard InChI is InChI=1S/C19H20O3/c1-3-6-15-9-12-17(13-10-15)22-19(20)14-11-16-7-4-5-8-18(16)21-2/h4-5,7-14H,3,6H2,1-2H3/b14-11+. The van der Waals surface area contributed by atoms with Crippen LogP contribution in [0.5, 0.6) is 11.5 Å². The van der Waals surface area contributed by atoms with E-state index in [0.717, 1.165) is 24.2 Å². The molecular weight excluding hydrogens is 276 g/mol. The van der Waals surface area contributed by atoms with Crippen LogP contribution in [0.2, 0.25) is 0 Å². The highest BCUT2D eigenvalue weighted by Crippen LogP contribution is 2.19. The molecule has 3 heteroatoms. The number of hydrogen-bond donors (Lipinski definition) is 0. The van der Waals surface area contributed by atoms with Gasteiger partial charge < -0.3 is 9.47 Å². The van der Waals surface area contributed by atoms with Crippen LogP contribution in [0.25, 0.3) is 6.08 Å². The van der Waals surface area contributed by atoms with Gasteiger partial charge in [-0.3, -0.25) is 0 Å². The first-order valence-electron chi connectivity index (χ1n) is 7.34. The number of carbonyl (C=O) groups excluding carboxylic acids is 1. The molecule has 0 saturated heterocycles. The number of aryl methyl sites for hydroxylation is 1. The van der Waals surface area contributed by atoms with Crippen molar-refractivity contribution in [1.82, 2.24) is 0 Å². The van der Waals surface area contributed by atoms with Crippen LogP contribution in [0.4, 0.5) is 0 Å². The van der Waals surface area contributed by atoms with Crippen molar-refractivity contribution in [2.24, 2.45) is 0 Å². The van der Waals surface area contributed by atoms with Crippen LogP contribution in [0.15, 0.2) is 54.6 Å². The average molecular weight is 296 g/mol. The van der Waals surface area contributed by atoms with Gasteiger partial charge in [-0.05, 0) is 36.3 Å². The van der Waals surface area contributed by atoms with Crippen molar-refractivity contribution < 1.29 is 14.3 Å². The van der Waals surface area contributed by atoms with E-state index in [9.17, 15) is 4.79 Å². The van der Waals surface area contributed by atoms with E-state index < -0.39 is 5.97 Å². The number of hydrogen-bond acceptors (Lipinski definition) is 3. The SMILES string of the molecule is CCCc1ccc(OC(=O)/C=C/c2ccccc2OC)cc1. The van der Waals surface area contributed by atoms with Crippen molar-refractivity contribution in [3.63, 3.8) is 0 Å². The van der Waals surface area contributed by atoms with Gasteiger partial charge in [-0.2, -0.15) is 0 Å². The summed E-state index contributed by atoms with van der Waals surface area (Å²) in [6.45, 7) is 2.14. The minimum Gasteiger partial charge on any atom is -0.496 e. The van der Waals surface area contributed by atoms with Crippen LogP contribution in [0.1, 0.15) is 24.5 Å². The van der Waals surface area contributed by atoms with Crippen molar-refractivity contribution in [2.45, 2.75) is 19.8 Å². The Labute approximate surface area is 131 Å². The van der Waals surface area contributed by atoms with Crippen LogP contribution in [0, 0.1) is 0 Å². The first-order chi connectivity index (χ1) is 10.7. The summed E-state index contributed by atoms with van der Waals surface area (Å²) in [5.41, 5.74) is 2.08. The smallest absolute Gasteiger partial charge is 0.336 e. The van der Waals surface area contributed by atoms with Crippen molar-refractivity contribution in [1.29, 1.82) is 0 Å². The third-order valence-electron chi connectivity index (χ3n) is 3.22. The molecule has 2 rings (SSSR count). The van der Waals surface area contributed by atoms with Gasteiger partial charge in [0.25, 0.3) is 0 Å². The first kappa shape index (κ1) is 15.8. The predicted molar refractivity (Wildman–Crippen MR) is 88.1 cm³/mol. The predicted octanol–water partition coefficient (Wildman–Crippen LogP) is 4.27. The Bertz CT molecular complexity index is 642. The Kier molecular flexibility index (Phi) is 5.78. The van der Waals surface area contributed by atoms with Crippen LogP contribution in [0.3, 0.4) is 0 Å². The molecule has 2 aromatic carbocycles. The number of ether oxygens (including phenoxy) is 2. The molecule has 0 aliphatic rings. The van der Waals surface area contributed by atoms with Gasteiger partial charge in [0.1, 0.15) is 11.5 Å². The molecule has 0 atom stereocenters. The highest BCUT2D eigenvalue weighted by Gasteiger charge is 2.02. The van der Waals surface area contributed by atoms with E-state index in [1.165, 1.54) is 11.6 Å². The van der Waals surface area contributed by atoms with Crippen molar-refractivity contribution in [3.8, 4) is 11.5 Å². The van der Waals surface area contributed by atoms with E-state index in [0.29, 0.717) is 5.75 Å². The molecule has 3 nitrogen and oxygen atoms in total. The second-order valence-corrected chi connectivity index (χ2v) is 4.89. The highest BCUT2D eigenvalue weighted by atomic mass is 16.5. The normalized spacial score (nSPS) is 10.6. The first-order valence-corrected chi connectivity index (χ1v) is 7.34. The lowest BCUT2D eigenvalue weighted by molar-refractivity contribution is -0.128. The van der Waals surface area contributed by atoms with E-state index in [1.807, 2.05) is 48.5 Å². The molecule has 0 aliphatic heterocycles. The fourth-order valence-corrected chi connectivity index (χ4v) is 2.12. The molecule has 0 radical (unpaired) electrons. The Balaban J connectivity index is 1.98. The summed E-state index contributed by atoms with van der Waals surface area (Å²) in [5.74, 6) is 0.860. The van der Waals surface area contributed by atoms with Gasteiger partial charge in [0.05, 0.1) is 7.11 Å². The molecule has 0 spiro atoms. The summed E-state index contributed by atoms with van der Waals surface area (Å²) in [6, 6.07) is 15.1.